The van der Waals surface area contributed by atoms with Crippen LogP contribution in [0.25, 0.3) is 11.3 Å². The lowest BCUT2D eigenvalue weighted by molar-refractivity contribution is -0.760. The number of hydrogen-bond acceptors (Lipinski definition) is 1. The van der Waals surface area contributed by atoms with Crippen molar-refractivity contribution in [3.63, 3.8) is 0 Å². The largest absolute Gasteiger partial charge is 0.297 e. The van der Waals surface area contributed by atoms with E-state index in [0.717, 1.165) is 19.0 Å². The van der Waals surface area contributed by atoms with Crippen molar-refractivity contribution >= 4 is 5.82 Å². The Balaban J connectivity index is 2.05. The minimum Gasteiger partial charge on any atom is -0.260 e. The van der Waals surface area contributed by atoms with Gasteiger partial charge in [-0.3, -0.25) is 4.90 Å². The molecule has 1 saturated heterocycles. The molecule has 1 aromatic carbocycles. The quantitative estimate of drug-likeness (QED) is 0.784. The second kappa shape index (κ2) is 6.55. The van der Waals surface area contributed by atoms with Crippen LogP contribution in [0.3, 0.4) is 0 Å². The zero-order valence-corrected chi connectivity index (χ0v) is 14.1. The first-order valence-corrected chi connectivity index (χ1v) is 8.68. The van der Waals surface area contributed by atoms with Crippen LogP contribution in [0.1, 0.15) is 33.6 Å². The maximum Gasteiger partial charge on any atom is 0.297 e. The molecule has 3 heteroatoms. The molecule has 0 bridgehead atoms. The molecule has 2 aromatic rings. The van der Waals surface area contributed by atoms with Gasteiger partial charge < -0.3 is 0 Å². The lowest BCUT2D eigenvalue weighted by Crippen LogP contribution is -2.49. The van der Waals surface area contributed by atoms with Crippen molar-refractivity contribution in [1.82, 2.24) is 4.68 Å². The summed E-state index contributed by atoms with van der Waals surface area (Å²) in [5.74, 6) is 2.18. The molecule has 1 atom stereocenters. The third-order valence-electron chi connectivity index (χ3n) is 4.75. The summed E-state index contributed by atoms with van der Waals surface area (Å²) in [5.41, 5.74) is 2.64. The van der Waals surface area contributed by atoms with Gasteiger partial charge in [0.25, 0.3) is 5.82 Å². The fourth-order valence-corrected chi connectivity index (χ4v) is 3.69. The molecule has 22 heavy (non-hydrogen) atoms. The Morgan fingerprint density at radius 2 is 1.95 bits per heavy atom. The normalized spacial score (nSPS) is 18.7. The van der Waals surface area contributed by atoms with E-state index in [1.165, 1.54) is 43.0 Å². The summed E-state index contributed by atoms with van der Waals surface area (Å²) in [7, 11) is 0. The number of hydrogen-bond donors (Lipinski definition) is 0. The van der Waals surface area contributed by atoms with Gasteiger partial charge in [0.15, 0.2) is 0 Å². The minimum absolute atomic E-state index is 0.796. The molecule has 0 N–H and O–H groups in total. The fourth-order valence-electron chi connectivity index (χ4n) is 3.69. The van der Waals surface area contributed by atoms with Gasteiger partial charge in [-0.15, -0.1) is 0 Å². The van der Waals surface area contributed by atoms with Crippen molar-refractivity contribution in [1.29, 1.82) is 0 Å². The molecule has 1 aliphatic heterocycles. The molecule has 0 amide bonds. The summed E-state index contributed by atoms with van der Waals surface area (Å²) in [6, 6.07) is 13.2. The molecule has 2 heterocycles. The summed E-state index contributed by atoms with van der Waals surface area (Å²) >= 11 is 0. The molecule has 1 fully saturated rings. The molecule has 1 unspecified atom stereocenters. The summed E-state index contributed by atoms with van der Waals surface area (Å²) < 4.78 is 4.87. The molecule has 3 nitrogen and oxygen atoms in total. The zero-order chi connectivity index (χ0) is 15.5. The van der Waals surface area contributed by atoms with Crippen LogP contribution in [0.5, 0.6) is 0 Å². The van der Waals surface area contributed by atoms with Crippen LogP contribution < -0.4 is 9.58 Å². The molecular weight excluding hydrogens is 270 g/mol. The Hall–Kier alpha value is -1.77. The van der Waals surface area contributed by atoms with Crippen molar-refractivity contribution in [2.24, 2.45) is 5.92 Å². The van der Waals surface area contributed by atoms with Crippen LogP contribution in [0.2, 0.25) is 0 Å². The van der Waals surface area contributed by atoms with Crippen molar-refractivity contribution in [2.45, 2.75) is 46.7 Å². The van der Waals surface area contributed by atoms with E-state index in [-0.39, 0.29) is 0 Å². The van der Waals surface area contributed by atoms with Crippen LogP contribution in [0.4, 0.5) is 5.82 Å². The molecular formula is C19H28N3+. The Labute approximate surface area is 134 Å². The Morgan fingerprint density at radius 3 is 2.59 bits per heavy atom. The monoisotopic (exact) mass is 298 g/mol. The smallest absolute Gasteiger partial charge is 0.260 e. The highest BCUT2D eigenvalue weighted by Crippen LogP contribution is 2.26. The summed E-state index contributed by atoms with van der Waals surface area (Å²) in [5, 5.41) is 0. The third kappa shape index (κ3) is 2.77. The molecule has 0 radical (unpaired) electrons. The number of piperidine rings is 1. The molecule has 0 aliphatic carbocycles. The summed E-state index contributed by atoms with van der Waals surface area (Å²) in [6.45, 7) is 11.2. The second-order valence-corrected chi connectivity index (χ2v) is 6.38. The third-order valence-corrected chi connectivity index (χ3v) is 4.75. The van der Waals surface area contributed by atoms with E-state index in [1.807, 2.05) is 0 Å². The average Bonchev–Trinajstić information content (AvgIpc) is 2.94. The van der Waals surface area contributed by atoms with Crippen LogP contribution >= 0.6 is 0 Å². The topological polar surface area (TPSA) is 12.1 Å². The predicted octanol–water partition coefficient (Wildman–Crippen LogP) is 3.72. The highest BCUT2D eigenvalue weighted by Gasteiger charge is 2.29. The minimum atomic E-state index is 0.796. The SMILES string of the molecule is CCn1c(-c2ccccc2)cc(N2CCCC(C)C2)[n+]1CC. The van der Waals surface area contributed by atoms with Crippen LogP contribution in [0, 0.1) is 5.92 Å². The van der Waals surface area contributed by atoms with Gasteiger partial charge in [-0.05, 0) is 32.6 Å². The molecule has 0 saturated carbocycles. The van der Waals surface area contributed by atoms with Gasteiger partial charge in [0.05, 0.1) is 31.4 Å². The number of nitrogens with zero attached hydrogens (tertiary/aromatic N) is 3. The van der Waals surface area contributed by atoms with Gasteiger partial charge in [0.2, 0.25) is 0 Å². The van der Waals surface area contributed by atoms with Gasteiger partial charge in [0, 0.05) is 5.56 Å². The molecule has 1 aliphatic rings. The van der Waals surface area contributed by atoms with E-state index in [1.54, 1.807) is 0 Å². The van der Waals surface area contributed by atoms with Crippen molar-refractivity contribution in [2.75, 3.05) is 18.0 Å². The van der Waals surface area contributed by atoms with Crippen molar-refractivity contribution in [3.8, 4) is 11.3 Å². The number of aromatic nitrogens is 2. The highest BCUT2D eigenvalue weighted by molar-refractivity contribution is 5.62. The fraction of sp³-hybridized carbons (Fsp3) is 0.526. The standard InChI is InChI=1S/C19H28N3/c1-4-21-18(17-11-7-6-8-12-17)14-19(22(21)5-2)20-13-9-10-16(3)15-20/h6-8,11-12,14,16H,4-5,9-10,13,15H2,1-3H3/q+1. The Kier molecular flexibility index (Phi) is 4.51. The first kappa shape index (κ1) is 15.1. The van der Waals surface area contributed by atoms with E-state index in [9.17, 15) is 0 Å². The van der Waals surface area contributed by atoms with Crippen LogP contribution in [0.15, 0.2) is 36.4 Å². The van der Waals surface area contributed by atoms with Crippen LogP contribution in [-0.4, -0.2) is 17.8 Å². The lowest BCUT2D eigenvalue weighted by Gasteiger charge is -2.26. The molecule has 118 valence electrons. The average molecular weight is 298 g/mol. The van der Waals surface area contributed by atoms with Gasteiger partial charge in [-0.25, -0.2) is 4.68 Å². The Morgan fingerprint density at radius 1 is 1.18 bits per heavy atom. The molecule has 1 aromatic heterocycles. The lowest BCUT2D eigenvalue weighted by atomic mass is 10.0. The van der Waals surface area contributed by atoms with Gasteiger partial charge in [-0.2, -0.15) is 4.68 Å². The summed E-state index contributed by atoms with van der Waals surface area (Å²) in [6.07, 6.45) is 2.67. The molecule has 3 rings (SSSR count). The van der Waals surface area contributed by atoms with E-state index < -0.39 is 0 Å². The second-order valence-electron chi connectivity index (χ2n) is 6.38. The maximum atomic E-state index is 2.58. The first-order valence-electron chi connectivity index (χ1n) is 8.68. The van der Waals surface area contributed by atoms with E-state index in [2.05, 4.69) is 71.4 Å². The molecule has 0 spiro atoms. The predicted molar refractivity (Wildman–Crippen MR) is 92.0 cm³/mol. The van der Waals surface area contributed by atoms with E-state index in [4.69, 9.17) is 0 Å². The van der Waals surface area contributed by atoms with Gasteiger partial charge in [0.1, 0.15) is 6.54 Å². The van der Waals surface area contributed by atoms with Crippen LogP contribution in [-0.2, 0) is 13.1 Å². The van der Waals surface area contributed by atoms with Crippen molar-refractivity contribution in [3.05, 3.63) is 36.4 Å². The zero-order valence-electron chi connectivity index (χ0n) is 14.1. The van der Waals surface area contributed by atoms with E-state index >= 15 is 0 Å². The van der Waals surface area contributed by atoms with Crippen molar-refractivity contribution < 1.29 is 4.68 Å². The number of rotatable bonds is 4. The van der Waals surface area contributed by atoms with Gasteiger partial charge in [-0.1, -0.05) is 37.3 Å². The Bertz CT molecular complexity index is 615. The van der Waals surface area contributed by atoms with E-state index in [0.29, 0.717) is 0 Å². The number of benzene rings is 1. The number of anilines is 1. The first-order chi connectivity index (χ1) is 10.7. The summed E-state index contributed by atoms with van der Waals surface area (Å²) in [4.78, 5) is 2.58. The van der Waals surface area contributed by atoms with Gasteiger partial charge >= 0.3 is 0 Å². The highest BCUT2D eigenvalue weighted by atomic mass is 15.5. The maximum absolute atomic E-state index is 2.58.